The minimum atomic E-state index is 0.518. The maximum Gasteiger partial charge on any atom is 0.0616 e. The zero-order valence-electron chi connectivity index (χ0n) is 6.84. The van der Waals surface area contributed by atoms with Gasteiger partial charge in [-0.2, -0.15) is 0 Å². The summed E-state index contributed by atoms with van der Waals surface area (Å²) >= 11 is 0. The van der Waals surface area contributed by atoms with Gasteiger partial charge < -0.3 is 4.52 Å². The van der Waals surface area contributed by atoms with Crippen LogP contribution >= 0.6 is 9.47 Å². The molecule has 2 heteroatoms. The zero-order chi connectivity index (χ0) is 7.56. The predicted molar refractivity (Wildman–Crippen MR) is 46.8 cm³/mol. The molecule has 0 heterocycles. The molecule has 0 saturated heterocycles. The van der Waals surface area contributed by atoms with Crippen LogP contribution < -0.4 is 0 Å². The Morgan fingerprint density at radius 2 is 2.20 bits per heavy atom. The van der Waals surface area contributed by atoms with Crippen LogP contribution in [0.4, 0.5) is 0 Å². The molecule has 0 aromatic rings. The molecule has 1 rings (SSSR count). The third kappa shape index (κ3) is 1.71. The Bertz CT molecular complexity index is 105. The van der Waals surface area contributed by atoms with Crippen molar-refractivity contribution in [1.82, 2.24) is 0 Å². The van der Waals surface area contributed by atoms with E-state index in [9.17, 15) is 0 Å². The number of hydrogen-bond donors (Lipinski definition) is 0. The van der Waals surface area contributed by atoms with E-state index in [-0.39, 0.29) is 0 Å². The van der Waals surface area contributed by atoms with Crippen molar-refractivity contribution in [2.75, 3.05) is 0 Å². The highest BCUT2D eigenvalue weighted by Crippen LogP contribution is 2.35. The van der Waals surface area contributed by atoms with Crippen molar-refractivity contribution in [3.8, 4) is 0 Å². The number of rotatable bonds is 2. The second-order valence-electron chi connectivity index (χ2n) is 3.38. The standard InChI is InChI=1S/C8H17OP/c1-3-7-5-8(9-10)4-6(7)2/h6-8H,3-5,10H2,1-2H3. The summed E-state index contributed by atoms with van der Waals surface area (Å²) < 4.78 is 5.23. The topological polar surface area (TPSA) is 9.23 Å². The predicted octanol–water partition coefficient (Wildman–Crippen LogP) is 2.62. The lowest BCUT2D eigenvalue weighted by atomic mass is 9.96. The van der Waals surface area contributed by atoms with Gasteiger partial charge in [-0.3, -0.25) is 0 Å². The molecule has 60 valence electrons. The summed E-state index contributed by atoms with van der Waals surface area (Å²) in [7, 11) is 2.38. The molecule has 1 aliphatic carbocycles. The van der Waals surface area contributed by atoms with Gasteiger partial charge in [-0.1, -0.05) is 20.3 Å². The van der Waals surface area contributed by atoms with Crippen molar-refractivity contribution in [2.45, 2.75) is 39.2 Å². The van der Waals surface area contributed by atoms with Gasteiger partial charge in [0.25, 0.3) is 0 Å². The van der Waals surface area contributed by atoms with Crippen LogP contribution in [-0.2, 0) is 4.52 Å². The molecule has 0 spiro atoms. The van der Waals surface area contributed by atoms with Crippen molar-refractivity contribution in [3.05, 3.63) is 0 Å². The van der Waals surface area contributed by atoms with Crippen LogP contribution in [0.25, 0.3) is 0 Å². The smallest absolute Gasteiger partial charge is 0.0616 e. The van der Waals surface area contributed by atoms with E-state index in [0.29, 0.717) is 6.10 Å². The van der Waals surface area contributed by atoms with Crippen LogP contribution in [0, 0.1) is 11.8 Å². The second kappa shape index (κ2) is 3.69. The summed E-state index contributed by atoms with van der Waals surface area (Å²) in [4.78, 5) is 0. The van der Waals surface area contributed by atoms with Crippen molar-refractivity contribution >= 4 is 9.47 Å². The summed E-state index contributed by atoms with van der Waals surface area (Å²) in [5, 5.41) is 0. The molecule has 10 heavy (non-hydrogen) atoms. The van der Waals surface area contributed by atoms with Crippen molar-refractivity contribution in [2.24, 2.45) is 11.8 Å². The minimum absolute atomic E-state index is 0.518. The Labute approximate surface area is 65.8 Å². The Kier molecular flexibility index (Phi) is 3.13. The van der Waals surface area contributed by atoms with Gasteiger partial charge in [0.1, 0.15) is 0 Å². The summed E-state index contributed by atoms with van der Waals surface area (Å²) in [6.07, 6.45) is 4.35. The fourth-order valence-corrected chi connectivity index (χ4v) is 2.18. The molecule has 0 aromatic carbocycles. The van der Waals surface area contributed by atoms with E-state index in [4.69, 9.17) is 4.52 Å². The average molecular weight is 160 g/mol. The molecule has 0 radical (unpaired) electrons. The Balaban J connectivity index is 2.36. The summed E-state index contributed by atoms with van der Waals surface area (Å²) in [6.45, 7) is 4.60. The highest BCUT2D eigenvalue weighted by atomic mass is 31.0. The quantitative estimate of drug-likeness (QED) is 0.564. The van der Waals surface area contributed by atoms with Crippen LogP contribution in [0.3, 0.4) is 0 Å². The Hall–Kier alpha value is 0.390. The minimum Gasteiger partial charge on any atom is -0.362 e. The molecule has 0 aromatic heterocycles. The highest BCUT2D eigenvalue weighted by Gasteiger charge is 2.29. The monoisotopic (exact) mass is 160 g/mol. The van der Waals surface area contributed by atoms with Gasteiger partial charge in [-0.05, 0) is 24.7 Å². The van der Waals surface area contributed by atoms with Crippen LogP contribution in [0.1, 0.15) is 33.1 Å². The van der Waals surface area contributed by atoms with E-state index >= 15 is 0 Å². The normalized spacial score (nSPS) is 40.5. The van der Waals surface area contributed by atoms with Crippen LogP contribution in [-0.4, -0.2) is 6.10 Å². The van der Waals surface area contributed by atoms with Crippen molar-refractivity contribution in [1.29, 1.82) is 0 Å². The first-order valence-electron chi connectivity index (χ1n) is 4.13. The van der Waals surface area contributed by atoms with Crippen LogP contribution in [0.2, 0.25) is 0 Å². The first-order chi connectivity index (χ1) is 4.77. The Morgan fingerprint density at radius 1 is 1.50 bits per heavy atom. The molecule has 1 fully saturated rings. The fraction of sp³-hybridized carbons (Fsp3) is 1.00. The van der Waals surface area contributed by atoms with Crippen molar-refractivity contribution < 1.29 is 4.52 Å². The lowest BCUT2D eigenvalue weighted by molar-refractivity contribution is 0.240. The van der Waals surface area contributed by atoms with Gasteiger partial charge in [0.2, 0.25) is 0 Å². The number of hydrogen-bond acceptors (Lipinski definition) is 1. The van der Waals surface area contributed by atoms with Crippen molar-refractivity contribution in [3.63, 3.8) is 0 Å². The molecule has 1 aliphatic rings. The lowest BCUT2D eigenvalue weighted by Crippen LogP contribution is -2.01. The molecule has 1 nitrogen and oxygen atoms in total. The lowest BCUT2D eigenvalue weighted by Gasteiger charge is -2.09. The molecule has 0 amide bonds. The van der Waals surface area contributed by atoms with Gasteiger partial charge in [0, 0.05) is 9.47 Å². The summed E-state index contributed by atoms with van der Waals surface area (Å²) in [5.74, 6) is 1.78. The van der Waals surface area contributed by atoms with Crippen LogP contribution in [0.5, 0.6) is 0 Å². The molecule has 0 bridgehead atoms. The van der Waals surface area contributed by atoms with Gasteiger partial charge in [-0.15, -0.1) is 0 Å². The average Bonchev–Trinajstić information content (AvgIpc) is 2.30. The van der Waals surface area contributed by atoms with E-state index in [0.717, 1.165) is 11.8 Å². The molecule has 4 atom stereocenters. The second-order valence-corrected chi connectivity index (χ2v) is 3.65. The van der Waals surface area contributed by atoms with E-state index in [1.165, 1.54) is 19.3 Å². The first-order valence-corrected chi connectivity index (χ1v) is 4.60. The molecule has 1 saturated carbocycles. The van der Waals surface area contributed by atoms with Gasteiger partial charge in [0.05, 0.1) is 6.10 Å². The SMILES string of the molecule is CCC1CC(OP)CC1C. The summed E-state index contributed by atoms with van der Waals surface area (Å²) in [6, 6.07) is 0. The van der Waals surface area contributed by atoms with E-state index < -0.39 is 0 Å². The molecular formula is C8H17OP. The Morgan fingerprint density at radius 3 is 2.50 bits per heavy atom. The molecular weight excluding hydrogens is 143 g/mol. The largest absolute Gasteiger partial charge is 0.362 e. The van der Waals surface area contributed by atoms with E-state index in [1.807, 2.05) is 0 Å². The summed E-state index contributed by atoms with van der Waals surface area (Å²) in [5.41, 5.74) is 0. The zero-order valence-corrected chi connectivity index (χ0v) is 7.99. The van der Waals surface area contributed by atoms with E-state index in [1.54, 1.807) is 0 Å². The maximum atomic E-state index is 5.23. The third-order valence-corrected chi connectivity index (χ3v) is 3.11. The van der Waals surface area contributed by atoms with Gasteiger partial charge >= 0.3 is 0 Å². The fourth-order valence-electron chi connectivity index (χ4n) is 1.95. The first kappa shape index (κ1) is 8.49. The third-order valence-electron chi connectivity index (χ3n) is 2.72. The van der Waals surface area contributed by atoms with Gasteiger partial charge in [0.15, 0.2) is 0 Å². The molecule has 0 N–H and O–H groups in total. The van der Waals surface area contributed by atoms with Crippen LogP contribution in [0.15, 0.2) is 0 Å². The molecule has 0 aliphatic heterocycles. The highest BCUT2D eigenvalue weighted by molar-refractivity contribution is 7.09. The molecule has 4 unspecified atom stereocenters. The maximum absolute atomic E-state index is 5.23. The van der Waals surface area contributed by atoms with E-state index in [2.05, 4.69) is 23.3 Å². The van der Waals surface area contributed by atoms with Gasteiger partial charge in [-0.25, -0.2) is 0 Å².